The molecule has 1 nitrogen and oxygen atoms in total. The van der Waals surface area contributed by atoms with Gasteiger partial charge in [-0.3, -0.25) is 0 Å². The highest BCUT2D eigenvalue weighted by atomic mass is 14.9. The smallest absolute Gasteiger partial charge is 0.00418 e. The predicted octanol–water partition coefficient (Wildman–Crippen LogP) is 3.57. The molecule has 90 valence electrons. The van der Waals surface area contributed by atoms with Crippen LogP contribution in [0.1, 0.15) is 44.7 Å². The largest absolute Gasteiger partial charge is 0.314 e. The zero-order valence-corrected chi connectivity index (χ0v) is 10.9. The Labute approximate surface area is 100 Å². The maximum absolute atomic E-state index is 3.54. The molecule has 0 saturated carbocycles. The zero-order valence-electron chi connectivity index (χ0n) is 10.9. The molecular formula is C15H25N. The maximum Gasteiger partial charge on any atom is 0.00418 e. The molecule has 1 heteroatoms. The summed E-state index contributed by atoms with van der Waals surface area (Å²) in [6.45, 7) is 7.87. The van der Waals surface area contributed by atoms with Gasteiger partial charge in [-0.05, 0) is 50.3 Å². The number of hydrogen-bond donors (Lipinski definition) is 1. The molecule has 0 aliphatic heterocycles. The Morgan fingerprint density at radius 2 is 1.81 bits per heavy atom. The Kier molecular flexibility index (Phi) is 6.17. The summed E-state index contributed by atoms with van der Waals surface area (Å²) in [4.78, 5) is 0. The van der Waals surface area contributed by atoms with Gasteiger partial charge in [-0.1, -0.05) is 38.1 Å². The van der Waals surface area contributed by atoms with Crippen molar-refractivity contribution in [1.29, 1.82) is 0 Å². The van der Waals surface area contributed by atoms with Crippen molar-refractivity contribution in [3.63, 3.8) is 0 Å². The third-order valence-corrected chi connectivity index (χ3v) is 3.09. The van der Waals surface area contributed by atoms with E-state index in [9.17, 15) is 0 Å². The fourth-order valence-corrected chi connectivity index (χ4v) is 2.01. The summed E-state index contributed by atoms with van der Waals surface area (Å²) in [5, 5.41) is 3.54. The van der Waals surface area contributed by atoms with Gasteiger partial charge in [0.15, 0.2) is 0 Å². The lowest BCUT2D eigenvalue weighted by molar-refractivity contribution is 0.513. The molecule has 1 rings (SSSR count). The van der Waals surface area contributed by atoms with Crippen molar-refractivity contribution < 1.29 is 0 Å². The second-order valence-electron chi connectivity index (χ2n) is 4.52. The van der Waals surface area contributed by atoms with Crippen molar-refractivity contribution in [1.82, 2.24) is 5.32 Å². The standard InChI is InChI=1S/C15H25N/c1-4-12-16-13(3)10-11-15-9-7-6-8-14(15)5-2/h6-9,13,16H,4-5,10-12H2,1-3H3. The molecule has 1 unspecified atom stereocenters. The van der Waals surface area contributed by atoms with Crippen LogP contribution in [0.4, 0.5) is 0 Å². The molecule has 1 aromatic carbocycles. The molecule has 0 aromatic heterocycles. The molecule has 0 fully saturated rings. The van der Waals surface area contributed by atoms with E-state index in [1.165, 1.54) is 30.4 Å². The number of aryl methyl sites for hydroxylation is 2. The summed E-state index contributed by atoms with van der Waals surface area (Å²) in [6.07, 6.45) is 4.79. The number of nitrogens with one attached hydrogen (secondary N) is 1. The van der Waals surface area contributed by atoms with Crippen molar-refractivity contribution in [2.24, 2.45) is 0 Å². The summed E-state index contributed by atoms with van der Waals surface area (Å²) in [7, 11) is 0. The summed E-state index contributed by atoms with van der Waals surface area (Å²) in [5.74, 6) is 0. The van der Waals surface area contributed by atoms with Gasteiger partial charge in [-0.15, -0.1) is 0 Å². The van der Waals surface area contributed by atoms with Crippen LogP contribution >= 0.6 is 0 Å². The van der Waals surface area contributed by atoms with Gasteiger partial charge in [0.25, 0.3) is 0 Å². The van der Waals surface area contributed by atoms with Crippen LogP contribution in [0.15, 0.2) is 24.3 Å². The minimum atomic E-state index is 0.630. The molecule has 0 radical (unpaired) electrons. The van der Waals surface area contributed by atoms with Gasteiger partial charge in [-0.25, -0.2) is 0 Å². The van der Waals surface area contributed by atoms with Crippen LogP contribution in [-0.4, -0.2) is 12.6 Å². The molecule has 0 bridgehead atoms. The minimum absolute atomic E-state index is 0.630. The van der Waals surface area contributed by atoms with Crippen LogP contribution in [0.25, 0.3) is 0 Å². The van der Waals surface area contributed by atoms with E-state index in [0.717, 1.165) is 13.0 Å². The zero-order chi connectivity index (χ0) is 11.8. The highest BCUT2D eigenvalue weighted by Crippen LogP contribution is 2.12. The third kappa shape index (κ3) is 4.36. The summed E-state index contributed by atoms with van der Waals surface area (Å²) in [5.41, 5.74) is 3.03. The predicted molar refractivity (Wildman–Crippen MR) is 71.9 cm³/mol. The van der Waals surface area contributed by atoms with Gasteiger partial charge in [0.05, 0.1) is 0 Å². The fraction of sp³-hybridized carbons (Fsp3) is 0.600. The topological polar surface area (TPSA) is 12.0 Å². The van der Waals surface area contributed by atoms with Crippen LogP contribution < -0.4 is 5.32 Å². The number of benzene rings is 1. The Balaban J connectivity index is 2.41. The monoisotopic (exact) mass is 219 g/mol. The van der Waals surface area contributed by atoms with Gasteiger partial charge in [0.2, 0.25) is 0 Å². The summed E-state index contributed by atoms with van der Waals surface area (Å²) in [6, 6.07) is 9.44. The average molecular weight is 219 g/mol. The first-order valence-corrected chi connectivity index (χ1v) is 6.58. The van der Waals surface area contributed by atoms with E-state index in [1.807, 2.05) is 0 Å². The first-order valence-electron chi connectivity index (χ1n) is 6.58. The Morgan fingerprint density at radius 1 is 1.12 bits per heavy atom. The van der Waals surface area contributed by atoms with Crippen molar-refractivity contribution in [2.45, 2.75) is 52.5 Å². The quantitative estimate of drug-likeness (QED) is 0.739. The Morgan fingerprint density at radius 3 is 2.44 bits per heavy atom. The van der Waals surface area contributed by atoms with Crippen LogP contribution in [0.5, 0.6) is 0 Å². The van der Waals surface area contributed by atoms with Crippen LogP contribution in [0, 0.1) is 0 Å². The molecule has 0 heterocycles. The molecule has 16 heavy (non-hydrogen) atoms. The van der Waals surface area contributed by atoms with E-state index in [-0.39, 0.29) is 0 Å². The first-order chi connectivity index (χ1) is 7.77. The highest BCUT2D eigenvalue weighted by molar-refractivity contribution is 5.27. The molecule has 0 amide bonds. The molecule has 0 aliphatic rings. The van der Waals surface area contributed by atoms with Crippen LogP contribution in [0.2, 0.25) is 0 Å². The van der Waals surface area contributed by atoms with E-state index in [1.54, 1.807) is 0 Å². The minimum Gasteiger partial charge on any atom is -0.314 e. The van der Waals surface area contributed by atoms with Gasteiger partial charge in [0, 0.05) is 6.04 Å². The van der Waals surface area contributed by atoms with E-state index >= 15 is 0 Å². The lowest BCUT2D eigenvalue weighted by Crippen LogP contribution is -2.27. The molecule has 0 aliphatic carbocycles. The van der Waals surface area contributed by atoms with Crippen molar-refractivity contribution in [3.8, 4) is 0 Å². The van der Waals surface area contributed by atoms with E-state index in [4.69, 9.17) is 0 Å². The second-order valence-corrected chi connectivity index (χ2v) is 4.52. The highest BCUT2D eigenvalue weighted by Gasteiger charge is 2.03. The van der Waals surface area contributed by atoms with E-state index < -0.39 is 0 Å². The number of rotatable bonds is 7. The van der Waals surface area contributed by atoms with E-state index in [2.05, 4.69) is 50.4 Å². The van der Waals surface area contributed by atoms with Crippen molar-refractivity contribution >= 4 is 0 Å². The van der Waals surface area contributed by atoms with Crippen molar-refractivity contribution in [3.05, 3.63) is 35.4 Å². The van der Waals surface area contributed by atoms with Gasteiger partial charge < -0.3 is 5.32 Å². The summed E-state index contributed by atoms with van der Waals surface area (Å²) >= 11 is 0. The normalized spacial score (nSPS) is 12.7. The SMILES string of the molecule is CCCNC(C)CCc1ccccc1CC. The van der Waals surface area contributed by atoms with Gasteiger partial charge >= 0.3 is 0 Å². The fourth-order valence-electron chi connectivity index (χ4n) is 2.01. The molecule has 0 spiro atoms. The van der Waals surface area contributed by atoms with Crippen LogP contribution in [0.3, 0.4) is 0 Å². The van der Waals surface area contributed by atoms with Gasteiger partial charge in [0.1, 0.15) is 0 Å². The van der Waals surface area contributed by atoms with E-state index in [0.29, 0.717) is 6.04 Å². The average Bonchev–Trinajstić information content (AvgIpc) is 2.34. The second kappa shape index (κ2) is 7.45. The third-order valence-electron chi connectivity index (χ3n) is 3.09. The molecule has 1 N–H and O–H groups in total. The van der Waals surface area contributed by atoms with Gasteiger partial charge in [-0.2, -0.15) is 0 Å². The lowest BCUT2D eigenvalue weighted by atomic mass is 9.99. The number of hydrogen-bond acceptors (Lipinski definition) is 1. The van der Waals surface area contributed by atoms with Crippen LogP contribution in [-0.2, 0) is 12.8 Å². The Bertz CT molecular complexity index is 293. The molecule has 1 aromatic rings. The Hall–Kier alpha value is -0.820. The molecule has 1 atom stereocenters. The molecular weight excluding hydrogens is 194 g/mol. The lowest BCUT2D eigenvalue weighted by Gasteiger charge is -2.14. The maximum atomic E-state index is 3.54. The first kappa shape index (κ1) is 13.2. The molecule has 0 saturated heterocycles. The van der Waals surface area contributed by atoms with Crippen molar-refractivity contribution in [2.75, 3.05) is 6.54 Å². The summed E-state index contributed by atoms with van der Waals surface area (Å²) < 4.78 is 0.